The van der Waals surface area contributed by atoms with Crippen LogP contribution in [-0.2, 0) is 38.2 Å². The van der Waals surface area contributed by atoms with Gasteiger partial charge in [0.15, 0.2) is 17.5 Å². The quantitative estimate of drug-likeness (QED) is 0.346. The van der Waals surface area contributed by atoms with Crippen molar-refractivity contribution in [3.8, 4) is 0 Å². The van der Waals surface area contributed by atoms with Gasteiger partial charge < -0.3 is 19.5 Å². The van der Waals surface area contributed by atoms with Crippen molar-refractivity contribution in [1.29, 1.82) is 0 Å². The van der Waals surface area contributed by atoms with Crippen molar-refractivity contribution >= 4 is 35.4 Å². The number of benzene rings is 2. The Morgan fingerprint density at radius 3 is 1.86 bits per heavy atom. The van der Waals surface area contributed by atoms with Crippen LogP contribution in [0.3, 0.4) is 0 Å². The second-order valence-electron chi connectivity index (χ2n) is 7.73. The summed E-state index contributed by atoms with van der Waals surface area (Å²) in [4.78, 5) is 79.2. The summed E-state index contributed by atoms with van der Waals surface area (Å²) >= 11 is 0. The van der Waals surface area contributed by atoms with Crippen molar-refractivity contribution in [2.45, 2.75) is 11.5 Å². The number of ether oxygens (including phenoxy) is 3. The third kappa shape index (κ3) is 4.30. The maximum atomic E-state index is 13.9. The van der Waals surface area contributed by atoms with Crippen LogP contribution in [0.15, 0.2) is 60.7 Å². The zero-order valence-corrected chi connectivity index (χ0v) is 19.2. The van der Waals surface area contributed by atoms with E-state index in [9.17, 15) is 28.8 Å². The molecule has 0 spiro atoms. The average molecular weight is 481 g/mol. The van der Waals surface area contributed by atoms with Crippen molar-refractivity contribution in [1.82, 2.24) is 5.32 Å². The van der Waals surface area contributed by atoms with Gasteiger partial charge in [0.2, 0.25) is 0 Å². The summed E-state index contributed by atoms with van der Waals surface area (Å²) in [5.74, 6) is -12.5. The van der Waals surface area contributed by atoms with E-state index >= 15 is 0 Å². The molecule has 3 rings (SSSR count). The molecule has 0 bridgehead atoms. The van der Waals surface area contributed by atoms with E-state index in [1.807, 2.05) is 0 Å². The van der Waals surface area contributed by atoms with Crippen molar-refractivity contribution < 1.29 is 43.0 Å². The minimum atomic E-state index is -2.55. The summed E-state index contributed by atoms with van der Waals surface area (Å²) in [6.07, 6.45) is 0. The highest BCUT2D eigenvalue weighted by atomic mass is 16.5. The molecule has 1 amide bonds. The van der Waals surface area contributed by atoms with Gasteiger partial charge in [-0.2, -0.15) is 0 Å². The van der Waals surface area contributed by atoms with Gasteiger partial charge in [0.05, 0.1) is 21.3 Å². The molecule has 0 radical (unpaired) electrons. The Hall–Kier alpha value is -4.34. The summed E-state index contributed by atoms with van der Waals surface area (Å²) in [6, 6.07) is 15.3. The van der Waals surface area contributed by atoms with Crippen LogP contribution < -0.4 is 5.32 Å². The van der Waals surface area contributed by atoms with Gasteiger partial charge in [-0.25, -0.2) is 0 Å². The summed E-state index contributed by atoms with van der Waals surface area (Å²) < 4.78 is 14.4. The van der Waals surface area contributed by atoms with Crippen molar-refractivity contribution in [3.63, 3.8) is 0 Å². The zero-order valence-electron chi connectivity index (χ0n) is 19.2. The van der Waals surface area contributed by atoms with Crippen LogP contribution in [0.25, 0.3) is 0 Å². The lowest BCUT2D eigenvalue weighted by Gasteiger charge is -2.38. The molecule has 0 aromatic heterocycles. The molecule has 0 heterocycles. The van der Waals surface area contributed by atoms with E-state index in [2.05, 4.69) is 10.1 Å². The monoisotopic (exact) mass is 481 g/mol. The van der Waals surface area contributed by atoms with Crippen molar-refractivity contribution in [2.75, 3.05) is 21.3 Å². The second-order valence-corrected chi connectivity index (χ2v) is 7.73. The van der Waals surface area contributed by atoms with Gasteiger partial charge in [0, 0.05) is 5.56 Å². The van der Waals surface area contributed by atoms with E-state index in [0.717, 1.165) is 21.3 Å². The first kappa shape index (κ1) is 25.3. The van der Waals surface area contributed by atoms with Crippen LogP contribution in [0.5, 0.6) is 0 Å². The Morgan fingerprint density at radius 1 is 0.800 bits per heavy atom. The SMILES string of the molecule is COC(=O)C1C(=O)C(C(=O)OC)C(NC(=O)c2ccccc2)(C(C(=O)OC)c2ccccc2)C1=O. The highest BCUT2D eigenvalue weighted by Crippen LogP contribution is 2.45. The number of rotatable bonds is 7. The fraction of sp³-hybridized carbons (Fsp3) is 0.280. The molecule has 182 valence electrons. The van der Waals surface area contributed by atoms with E-state index in [1.165, 1.54) is 24.3 Å². The minimum absolute atomic E-state index is 0.0777. The molecule has 10 heteroatoms. The largest absolute Gasteiger partial charge is 0.468 e. The molecule has 2 aromatic rings. The molecular formula is C25H23NO9. The predicted molar refractivity (Wildman–Crippen MR) is 119 cm³/mol. The lowest BCUT2D eigenvalue weighted by Crippen LogP contribution is -2.64. The van der Waals surface area contributed by atoms with E-state index < -0.39 is 58.7 Å². The number of hydrogen-bond acceptors (Lipinski definition) is 9. The zero-order chi connectivity index (χ0) is 25.8. The molecule has 10 nitrogen and oxygen atoms in total. The number of ketones is 2. The molecule has 4 unspecified atom stereocenters. The first-order chi connectivity index (χ1) is 16.7. The lowest BCUT2D eigenvalue weighted by atomic mass is 9.71. The molecule has 2 aromatic carbocycles. The topological polar surface area (TPSA) is 142 Å². The molecule has 35 heavy (non-hydrogen) atoms. The number of methoxy groups -OCH3 is 3. The minimum Gasteiger partial charge on any atom is -0.468 e. The smallest absolute Gasteiger partial charge is 0.323 e. The maximum Gasteiger partial charge on any atom is 0.323 e. The van der Waals surface area contributed by atoms with Crippen LogP contribution in [0.2, 0.25) is 0 Å². The average Bonchev–Trinajstić information content (AvgIpc) is 3.10. The Balaban J connectivity index is 2.36. The third-order valence-electron chi connectivity index (χ3n) is 5.95. The van der Waals surface area contributed by atoms with E-state index in [0.29, 0.717) is 0 Å². The van der Waals surface area contributed by atoms with Gasteiger partial charge in [0.1, 0.15) is 17.4 Å². The molecule has 0 aliphatic heterocycles. The van der Waals surface area contributed by atoms with Gasteiger partial charge in [-0.15, -0.1) is 0 Å². The number of nitrogens with one attached hydrogen (secondary N) is 1. The molecule has 1 fully saturated rings. The molecule has 1 aliphatic rings. The van der Waals surface area contributed by atoms with Gasteiger partial charge in [-0.1, -0.05) is 48.5 Å². The van der Waals surface area contributed by atoms with Crippen LogP contribution in [-0.4, -0.2) is 62.2 Å². The van der Waals surface area contributed by atoms with Crippen LogP contribution >= 0.6 is 0 Å². The second kappa shape index (κ2) is 10.3. The summed E-state index contributed by atoms with van der Waals surface area (Å²) in [6.45, 7) is 0. The first-order valence-corrected chi connectivity index (χ1v) is 10.5. The molecular weight excluding hydrogens is 458 g/mol. The van der Waals surface area contributed by atoms with Crippen LogP contribution in [0.4, 0.5) is 0 Å². The van der Waals surface area contributed by atoms with E-state index in [1.54, 1.807) is 36.4 Å². The highest BCUT2D eigenvalue weighted by Gasteiger charge is 2.71. The van der Waals surface area contributed by atoms with Gasteiger partial charge in [-0.3, -0.25) is 28.8 Å². The fourth-order valence-corrected chi connectivity index (χ4v) is 4.37. The van der Waals surface area contributed by atoms with E-state index in [-0.39, 0.29) is 11.1 Å². The summed E-state index contributed by atoms with van der Waals surface area (Å²) in [5, 5.41) is 2.46. The molecule has 4 atom stereocenters. The predicted octanol–water partition coefficient (Wildman–Crippen LogP) is 0.842. The molecule has 1 aliphatic carbocycles. The standard InChI is InChI=1S/C25H23NO9/c1-33-22(30)16-19(27)18(24(32)35-3)25(20(16)28,26-21(29)15-12-8-5-9-13-15)17(23(31)34-2)14-10-6-4-7-11-14/h4-13,16-18H,1-3H3,(H,26,29). The van der Waals surface area contributed by atoms with Crippen molar-refractivity contribution in [3.05, 3.63) is 71.8 Å². The molecule has 1 saturated carbocycles. The number of esters is 3. The highest BCUT2D eigenvalue weighted by molar-refractivity contribution is 6.32. The molecule has 0 saturated heterocycles. The number of hydrogen-bond donors (Lipinski definition) is 1. The summed E-state index contributed by atoms with van der Waals surface area (Å²) in [5.41, 5.74) is -2.31. The maximum absolute atomic E-state index is 13.9. The Kier molecular flexibility index (Phi) is 7.43. The van der Waals surface area contributed by atoms with Crippen LogP contribution in [0.1, 0.15) is 21.8 Å². The number of amides is 1. The first-order valence-electron chi connectivity index (χ1n) is 10.5. The third-order valence-corrected chi connectivity index (χ3v) is 5.95. The Labute approximate surface area is 200 Å². The van der Waals surface area contributed by atoms with Gasteiger partial charge in [-0.05, 0) is 17.7 Å². The Morgan fingerprint density at radius 2 is 1.34 bits per heavy atom. The van der Waals surface area contributed by atoms with Gasteiger partial charge in [0.25, 0.3) is 5.91 Å². The number of Topliss-reactive ketones (excluding diaryl/α,β-unsaturated/α-hetero) is 2. The lowest BCUT2D eigenvalue weighted by molar-refractivity contribution is -0.156. The number of carbonyl (C=O) groups excluding carboxylic acids is 6. The van der Waals surface area contributed by atoms with Crippen molar-refractivity contribution in [2.24, 2.45) is 11.8 Å². The normalized spacial score (nSPS) is 22.1. The van der Waals surface area contributed by atoms with E-state index in [4.69, 9.17) is 9.47 Å². The fourth-order valence-electron chi connectivity index (χ4n) is 4.37. The Bertz CT molecular complexity index is 1160. The van der Waals surface area contributed by atoms with Crippen LogP contribution in [0, 0.1) is 11.8 Å². The summed E-state index contributed by atoms with van der Waals surface area (Å²) in [7, 11) is 3.00. The van der Waals surface area contributed by atoms with Gasteiger partial charge >= 0.3 is 17.9 Å². The molecule has 1 N–H and O–H groups in total. The number of carbonyl (C=O) groups is 6.